The molecule has 2 aromatic heterocycles. The van der Waals surface area contributed by atoms with Crippen molar-refractivity contribution < 1.29 is 14.5 Å². The zero-order valence-corrected chi connectivity index (χ0v) is 16.3. The van der Waals surface area contributed by atoms with Crippen molar-refractivity contribution in [3.8, 4) is 11.3 Å². The van der Waals surface area contributed by atoms with E-state index in [0.29, 0.717) is 23.1 Å². The molecule has 0 saturated heterocycles. The number of carbonyl (C=O) groups excluding carboxylic acids is 1. The molecule has 0 aliphatic heterocycles. The Labute approximate surface area is 170 Å². The standard InChI is InChI=1S/C19H17N5O4S/c1-2-28-18(25)9-15-12-29-19(22-15)23-21-10-13-3-5-14(6-4-13)17-8-7-16(11-20-17)24(26)27/h3-8,10-12H,2,9H2,1H3,(H,22,23). The quantitative estimate of drug-likeness (QED) is 0.260. The van der Waals surface area contributed by atoms with Crippen molar-refractivity contribution in [1.29, 1.82) is 0 Å². The van der Waals surface area contributed by atoms with Gasteiger partial charge in [0.15, 0.2) is 0 Å². The van der Waals surface area contributed by atoms with Crippen LogP contribution in [0.1, 0.15) is 18.2 Å². The summed E-state index contributed by atoms with van der Waals surface area (Å²) in [5, 5.41) is 17.2. The molecular formula is C19H17N5O4S. The van der Waals surface area contributed by atoms with Gasteiger partial charge in [-0.2, -0.15) is 5.10 Å². The van der Waals surface area contributed by atoms with Crippen LogP contribution in [-0.2, 0) is 16.0 Å². The van der Waals surface area contributed by atoms with Crippen LogP contribution in [0.15, 0.2) is 53.1 Å². The van der Waals surface area contributed by atoms with Crippen molar-refractivity contribution in [3.63, 3.8) is 0 Å². The van der Waals surface area contributed by atoms with Gasteiger partial charge >= 0.3 is 5.97 Å². The van der Waals surface area contributed by atoms with Gasteiger partial charge in [0.05, 0.1) is 35.6 Å². The van der Waals surface area contributed by atoms with E-state index in [9.17, 15) is 14.9 Å². The Morgan fingerprint density at radius 3 is 2.76 bits per heavy atom. The predicted octanol–water partition coefficient (Wildman–Crippen LogP) is 3.66. The molecule has 1 aromatic carbocycles. The average Bonchev–Trinajstić information content (AvgIpc) is 3.16. The van der Waals surface area contributed by atoms with Crippen LogP contribution in [0.4, 0.5) is 10.8 Å². The van der Waals surface area contributed by atoms with Crippen molar-refractivity contribution in [2.24, 2.45) is 5.10 Å². The number of aromatic nitrogens is 2. The minimum absolute atomic E-state index is 0.0452. The highest BCUT2D eigenvalue weighted by molar-refractivity contribution is 7.13. The molecule has 0 bridgehead atoms. The van der Waals surface area contributed by atoms with Crippen LogP contribution in [-0.4, -0.2) is 33.7 Å². The lowest BCUT2D eigenvalue weighted by Gasteiger charge is -2.01. The molecule has 0 aliphatic carbocycles. The van der Waals surface area contributed by atoms with Crippen molar-refractivity contribution in [1.82, 2.24) is 9.97 Å². The molecule has 29 heavy (non-hydrogen) atoms. The van der Waals surface area contributed by atoms with Gasteiger partial charge in [-0.1, -0.05) is 24.3 Å². The number of ether oxygens (including phenoxy) is 1. The van der Waals surface area contributed by atoms with Crippen molar-refractivity contribution in [2.75, 3.05) is 12.0 Å². The number of pyridine rings is 1. The highest BCUT2D eigenvalue weighted by Gasteiger charge is 2.08. The predicted molar refractivity (Wildman–Crippen MR) is 110 cm³/mol. The highest BCUT2D eigenvalue weighted by atomic mass is 32.1. The molecule has 3 aromatic rings. The molecule has 0 unspecified atom stereocenters. The lowest BCUT2D eigenvalue weighted by Crippen LogP contribution is -2.07. The molecule has 0 fully saturated rings. The number of hydrogen-bond acceptors (Lipinski definition) is 9. The third kappa shape index (κ3) is 5.66. The molecule has 9 nitrogen and oxygen atoms in total. The number of carbonyl (C=O) groups is 1. The van der Waals surface area contributed by atoms with E-state index >= 15 is 0 Å². The normalized spacial score (nSPS) is 10.8. The van der Waals surface area contributed by atoms with Crippen molar-refractivity contribution in [3.05, 3.63) is 69.3 Å². The molecule has 0 spiro atoms. The number of nitro groups is 1. The van der Waals surface area contributed by atoms with Crippen LogP contribution in [0.5, 0.6) is 0 Å². The molecule has 0 aliphatic rings. The summed E-state index contributed by atoms with van der Waals surface area (Å²) in [5.74, 6) is -0.310. The molecular weight excluding hydrogens is 394 g/mol. The van der Waals surface area contributed by atoms with Crippen LogP contribution in [0, 0.1) is 10.1 Å². The SMILES string of the molecule is CCOC(=O)Cc1csc(NN=Cc2ccc(-c3ccc([N+](=O)[O-])cn3)cc2)n1. The number of hydrazone groups is 1. The van der Waals surface area contributed by atoms with E-state index in [1.54, 1.807) is 24.6 Å². The Morgan fingerprint density at radius 1 is 1.31 bits per heavy atom. The number of nitrogens with one attached hydrogen (secondary N) is 1. The Kier molecular flexibility index (Phi) is 6.59. The number of anilines is 1. The van der Waals surface area contributed by atoms with Gasteiger partial charge < -0.3 is 4.74 Å². The van der Waals surface area contributed by atoms with E-state index in [1.807, 2.05) is 24.3 Å². The zero-order chi connectivity index (χ0) is 20.6. The second-order valence-electron chi connectivity index (χ2n) is 5.78. The van der Waals surface area contributed by atoms with E-state index in [4.69, 9.17) is 4.74 Å². The third-order valence-corrected chi connectivity index (χ3v) is 4.52. The minimum atomic E-state index is -0.481. The first kappa shape index (κ1) is 20.1. The second kappa shape index (κ2) is 9.51. The van der Waals surface area contributed by atoms with E-state index in [0.717, 1.165) is 11.1 Å². The number of esters is 1. The van der Waals surface area contributed by atoms with Crippen LogP contribution < -0.4 is 5.43 Å². The zero-order valence-electron chi connectivity index (χ0n) is 15.4. The van der Waals surface area contributed by atoms with Crippen molar-refractivity contribution in [2.45, 2.75) is 13.3 Å². The van der Waals surface area contributed by atoms with Crippen LogP contribution in [0.25, 0.3) is 11.3 Å². The molecule has 10 heteroatoms. The van der Waals surface area contributed by atoms with E-state index < -0.39 is 4.92 Å². The lowest BCUT2D eigenvalue weighted by molar-refractivity contribution is -0.385. The summed E-state index contributed by atoms with van der Waals surface area (Å²) in [6.07, 6.45) is 3.01. The first-order valence-corrected chi connectivity index (χ1v) is 9.53. The molecule has 0 amide bonds. The first-order valence-electron chi connectivity index (χ1n) is 8.65. The van der Waals surface area contributed by atoms with Crippen LogP contribution >= 0.6 is 11.3 Å². The molecule has 0 atom stereocenters. The second-order valence-corrected chi connectivity index (χ2v) is 6.63. The fraction of sp³-hybridized carbons (Fsp3) is 0.158. The van der Waals surface area contributed by atoms with Gasteiger partial charge in [-0.3, -0.25) is 20.3 Å². The van der Waals surface area contributed by atoms with E-state index in [1.165, 1.54) is 23.6 Å². The largest absolute Gasteiger partial charge is 0.466 e. The summed E-state index contributed by atoms with van der Waals surface area (Å²) < 4.78 is 4.89. The summed E-state index contributed by atoms with van der Waals surface area (Å²) in [6, 6.07) is 10.5. The molecule has 1 N–H and O–H groups in total. The number of hydrogen-bond donors (Lipinski definition) is 1. The summed E-state index contributed by atoms with van der Waals surface area (Å²) in [4.78, 5) is 30.0. The van der Waals surface area contributed by atoms with Gasteiger partial charge in [0.2, 0.25) is 5.13 Å². The fourth-order valence-corrected chi connectivity index (χ4v) is 3.03. The van der Waals surface area contributed by atoms with Gasteiger partial charge in [0.25, 0.3) is 5.69 Å². The number of benzene rings is 1. The number of thiazole rings is 1. The maximum absolute atomic E-state index is 11.5. The van der Waals surface area contributed by atoms with Gasteiger partial charge in [-0.25, -0.2) is 9.97 Å². The van der Waals surface area contributed by atoms with Crippen LogP contribution in [0.2, 0.25) is 0 Å². The summed E-state index contributed by atoms with van der Waals surface area (Å²) in [6.45, 7) is 2.10. The van der Waals surface area contributed by atoms with Crippen LogP contribution in [0.3, 0.4) is 0 Å². The van der Waals surface area contributed by atoms with E-state index in [-0.39, 0.29) is 18.1 Å². The molecule has 0 radical (unpaired) electrons. The maximum Gasteiger partial charge on any atom is 0.311 e. The summed E-state index contributed by atoms with van der Waals surface area (Å²) >= 11 is 1.35. The van der Waals surface area contributed by atoms with E-state index in [2.05, 4.69) is 20.5 Å². The number of rotatable bonds is 8. The van der Waals surface area contributed by atoms with Gasteiger partial charge in [-0.05, 0) is 18.6 Å². The fourth-order valence-electron chi connectivity index (χ4n) is 2.37. The lowest BCUT2D eigenvalue weighted by atomic mass is 10.1. The highest BCUT2D eigenvalue weighted by Crippen LogP contribution is 2.20. The van der Waals surface area contributed by atoms with Gasteiger partial charge in [-0.15, -0.1) is 11.3 Å². The first-order chi connectivity index (χ1) is 14.0. The molecule has 3 rings (SSSR count). The molecule has 0 saturated carbocycles. The van der Waals surface area contributed by atoms with Gasteiger partial charge in [0, 0.05) is 17.0 Å². The molecule has 2 heterocycles. The summed E-state index contributed by atoms with van der Waals surface area (Å²) in [5.41, 5.74) is 5.76. The Balaban J connectivity index is 1.57. The Morgan fingerprint density at radius 2 is 2.10 bits per heavy atom. The third-order valence-electron chi connectivity index (χ3n) is 3.72. The Bertz CT molecular complexity index is 1020. The van der Waals surface area contributed by atoms with Gasteiger partial charge in [0.1, 0.15) is 6.20 Å². The number of nitrogens with zero attached hydrogens (tertiary/aromatic N) is 4. The topological polar surface area (TPSA) is 120 Å². The summed E-state index contributed by atoms with van der Waals surface area (Å²) in [7, 11) is 0. The smallest absolute Gasteiger partial charge is 0.311 e. The average molecular weight is 411 g/mol. The maximum atomic E-state index is 11.5. The van der Waals surface area contributed by atoms with Crippen molar-refractivity contribution >= 4 is 34.3 Å². The Hall–Kier alpha value is -3.66. The minimum Gasteiger partial charge on any atom is -0.466 e. The monoisotopic (exact) mass is 411 g/mol. The molecule has 148 valence electrons.